The van der Waals surface area contributed by atoms with Crippen LogP contribution in [-0.2, 0) is 10.9 Å². The first-order chi connectivity index (χ1) is 12.4. The average Bonchev–Trinajstić information content (AvgIpc) is 3.30. The van der Waals surface area contributed by atoms with Gasteiger partial charge in [0.15, 0.2) is 12.2 Å². The Morgan fingerprint density at radius 3 is 2.62 bits per heavy atom. The third-order valence-electron chi connectivity index (χ3n) is 4.15. The van der Waals surface area contributed by atoms with Crippen molar-refractivity contribution in [3.63, 3.8) is 0 Å². The van der Waals surface area contributed by atoms with Gasteiger partial charge in [-0.05, 0) is 6.07 Å². The predicted molar refractivity (Wildman–Crippen MR) is 82.4 cm³/mol. The second-order valence-corrected chi connectivity index (χ2v) is 5.75. The van der Waals surface area contributed by atoms with Crippen LogP contribution in [0.25, 0.3) is 17.0 Å². The molecule has 1 saturated heterocycles. The van der Waals surface area contributed by atoms with Crippen LogP contribution in [0.15, 0.2) is 35.5 Å². The molecular formula is C16H13F3N4O3. The highest BCUT2D eigenvalue weighted by molar-refractivity contribution is 5.94. The molecule has 3 aromatic heterocycles. The number of carbonyl (C=O) groups is 1. The SMILES string of the molecule is O=C(c1cnc2c(-c3cnco3)cc(C(F)(F)F)cn12)N1CCOCC1. The molecule has 136 valence electrons. The summed E-state index contributed by atoms with van der Waals surface area (Å²) in [6.07, 6.45) is -0.0297. The molecule has 0 aromatic carbocycles. The zero-order valence-corrected chi connectivity index (χ0v) is 13.4. The van der Waals surface area contributed by atoms with Gasteiger partial charge in [0.25, 0.3) is 5.91 Å². The molecule has 0 radical (unpaired) electrons. The highest BCUT2D eigenvalue weighted by Gasteiger charge is 2.33. The summed E-state index contributed by atoms with van der Waals surface area (Å²) >= 11 is 0. The molecule has 26 heavy (non-hydrogen) atoms. The van der Waals surface area contributed by atoms with E-state index in [4.69, 9.17) is 9.15 Å². The Bertz CT molecular complexity index is 944. The van der Waals surface area contributed by atoms with Crippen LogP contribution >= 0.6 is 0 Å². The molecular weight excluding hydrogens is 353 g/mol. The number of nitrogens with zero attached hydrogens (tertiary/aromatic N) is 4. The molecule has 7 nitrogen and oxygen atoms in total. The maximum Gasteiger partial charge on any atom is 0.417 e. The Kier molecular flexibility index (Phi) is 3.91. The van der Waals surface area contributed by atoms with Crippen LogP contribution in [0.5, 0.6) is 0 Å². The largest absolute Gasteiger partial charge is 0.443 e. The molecule has 0 bridgehead atoms. The quantitative estimate of drug-likeness (QED) is 0.697. The molecule has 1 fully saturated rings. The summed E-state index contributed by atoms with van der Waals surface area (Å²) < 4.78 is 51.5. The molecule has 0 unspecified atom stereocenters. The van der Waals surface area contributed by atoms with Gasteiger partial charge in [-0.1, -0.05) is 0 Å². The number of imidazole rings is 1. The Hall–Kier alpha value is -2.88. The summed E-state index contributed by atoms with van der Waals surface area (Å²) in [6, 6.07) is 0.936. The number of fused-ring (bicyclic) bond motifs is 1. The molecule has 0 N–H and O–H groups in total. The smallest absolute Gasteiger partial charge is 0.417 e. The van der Waals surface area contributed by atoms with E-state index >= 15 is 0 Å². The van der Waals surface area contributed by atoms with E-state index < -0.39 is 17.6 Å². The summed E-state index contributed by atoms with van der Waals surface area (Å²) in [5.41, 5.74) is -0.566. The molecule has 0 atom stereocenters. The summed E-state index contributed by atoms with van der Waals surface area (Å²) in [5, 5.41) is 0. The minimum atomic E-state index is -4.59. The molecule has 4 heterocycles. The van der Waals surface area contributed by atoms with E-state index in [9.17, 15) is 18.0 Å². The van der Waals surface area contributed by atoms with E-state index in [2.05, 4.69) is 9.97 Å². The zero-order chi connectivity index (χ0) is 18.3. The molecule has 10 heteroatoms. The normalized spacial score (nSPS) is 15.6. The average molecular weight is 366 g/mol. The van der Waals surface area contributed by atoms with Gasteiger partial charge < -0.3 is 14.1 Å². The number of amides is 1. The number of morpholine rings is 1. The lowest BCUT2D eigenvalue weighted by atomic mass is 10.1. The standard InChI is InChI=1S/C16H13F3N4O3/c17-16(18,19)10-5-11(13-7-20-9-26-13)14-21-6-12(23(14)8-10)15(24)22-1-3-25-4-2-22/h5-9H,1-4H2. The van der Waals surface area contributed by atoms with E-state index in [0.29, 0.717) is 26.3 Å². The van der Waals surface area contributed by atoms with Crippen LogP contribution < -0.4 is 0 Å². The minimum Gasteiger partial charge on any atom is -0.443 e. The van der Waals surface area contributed by atoms with Gasteiger partial charge in [-0.25, -0.2) is 9.97 Å². The third kappa shape index (κ3) is 2.81. The molecule has 4 rings (SSSR count). The van der Waals surface area contributed by atoms with Crippen LogP contribution in [0.2, 0.25) is 0 Å². The highest BCUT2D eigenvalue weighted by Crippen LogP contribution is 2.34. The maximum atomic E-state index is 13.3. The van der Waals surface area contributed by atoms with Crippen molar-refractivity contribution in [3.05, 3.63) is 42.3 Å². The highest BCUT2D eigenvalue weighted by atomic mass is 19.4. The van der Waals surface area contributed by atoms with Crippen molar-refractivity contribution in [1.82, 2.24) is 19.3 Å². The Labute approximate surface area is 145 Å². The van der Waals surface area contributed by atoms with Gasteiger partial charge in [0.1, 0.15) is 11.3 Å². The number of hydrogen-bond donors (Lipinski definition) is 0. The van der Waals surface area contributed by atoms with E-state index in [1.54, 1.807) is 0 Å². The molecule has 1 aliphatic rings. The predicted octanol–water partition coefficient (Wildman–Crippen LogP) is 2.48. The summed E-state index contributed by atoms with van der Waals surface area (Å²) in [7, 11) is 0. The van der Waals surface area contributed by atoms with Gasteiger partial charge in [-0.15, -0.1) is 0 Å². The van der Waals surface area contributed by atoms with Crippen molar-refractivity contribution in [2.75, 3.05) is 26.3 Å². The second kappa shape index (κ2) is 6.13. The van der Waals surface area contributed by atoms with Crippen molar-refractivity contribution < 1.29 is 27.1 Å². The zero-order valence-electron chi connectivity index (χ0n) is 13.4. The van der Waals surface area contributed by atoms with E-state index in [0.717, 1.165) is 23.1 Å². The van der Waals surface area contributed by atoms with Crippen LogP contribution in [0.1, 0.15) is 16.1 Å². The topological polar surface area (TPSA) is 72.9 Å². The minimum absolute atomic E-state index is 0.0498. The Morgan fingerprint density at radius 2 is 1.96 bits per heavy atom. The lowest BCUT2D eigenvalue weighted by Gasteiger charge is -2.26. The third-order valence-corrected chi connectivity index (χ3v) is 4.15. The number of rotatable bonds is 2. The van der Waals surface area contributed by atoms with Gasteiger partial charge in [0, 0.05) is 19.3 Å². The number of alkyl halides is 3. The Morgan fingerprint density at radius 1 is 1.19 bits per heavy atom. The Balaban J connectivity index is 1.88. The van der Waals surface area contributed by atoms with Crippen molar-refractivity contribution in [1.29, 1.82) is 0 Å². The van der Waals surface area contributed by atoms with Crippen LogP contribution in [0, 0.1) is 0 Å². The maximum absolute atomic E-state index is 13.3. The fourth-order valence-corrected chi connectivity index (χ4v) is 2.86. The van der Waals surface area contributed by atoms with E-state index in [-0.39, 0.29) is 22.7 Å². The first-order valence-electron chi connectivity index (χ1n) is 7.79. The number of halogens is 3. The number of hydrogen-bond acceptors (Lipinski definition) is 5. The lowest BCUT2D eigenvalue weighted by molar-refractivity contribution is -0.137. The number of pyridine rings is 1. The van der Waals surface area contributed by atoms with Gasteiger partial charge in [0.05, 0.1) is 36.7 Å². The summed E-state index contributed by atoms with van der Waals surface area (Å²) in [4.78, 5) is 22.1. The number of oxazole rings is 1. The first kappa shape index (κ1) is 16.6. The van der Waals surface area contributed by atoms with Crippen molar-refractivity contribution in [2.24, 2.45) is 0 Å². The van der Waals surface area contributed by atoms with Gasteiger partial charge >= 0.3 is 6.18 Å². The monoisotopic (exact) mass is 366 g/mol. The molecule has 0 spiro atoms. The van der Waals surface area contributed by atoms with Crippen molar-refractivity contribution in [2.45, 2.75) is 6.18 Å². The summed E-state index contributed by atoms with van der Waals surface area (Å²) in [6.45, 7) is 1.53. The molecule has 1 amide bonds. The van der Waals surface area contributed by atoms with Crippen LogP contribution in [0.4, 0.5) is 13.2 Å². The lowest BCUT2D eigenvalue weighted by Crippen LogP contribution is -2.41. The fourth-order valence-electron chi connectivity index (χ4n) is 2.86. The second-order valence-electron chi connectivity index (χ2n) is 5.75. The van der Waals surface area contributed by atoms with Crippen molar-refractivity contribution >= 4 is 11.6 Å². The van der Waals surface area contributed by atoms with Gasteiger partial charge in [0.2, 0.25) is 0 Å². The van der Waals surface area contributed by atoms with Gasteiger partial charge in [-0.2, -0.15) is 13.2 Å². The molecule has 0 aliphatic carbocycles. The number of aromatic nitrogens is 3. The number of carbonyl (C=O) groups excluding carboxylic acids is 1. The van der Waals surface area contributed by atoms with E-state index in [1.807, 2.05) is 0 Å². The van der Waals surface area contributed by atoms with Crippen LogP contribution in [-0.4, -0.2) is 51.5 Å². The van der Waals surface area contributed by atoms with Gasteiger partial charge in [-0.3, -0.25) is 9.20 Å². The molecule has 0 saturated carbocycles. The summed E-state index contributed by atoms with van der Waals surface area (Å²) in [5.74, 6) is -0.263. The first-order valence-corrected chi connectivity index (χ1v) is 7.79. The van der Waals surface area contributed by atoms with E-state index in [1.165, 1.54) is 17.3 Å². The molecule has 3 aromatic rings. The van der Waals surface area contributed by atoms with Crippen LogP contribution in [0.3, 0.4) is 0 Å². The molecule has 1 aliphatic heterocycles. The van der Waals surface area contributed by atoms with Crippen molar-refractivity contribution in [3.8, 4) is 11.3 Å². The number of ether oxygens (including phenoxy) is 1. The fraction of sp³-hybridized carbons (Fsp3) is 0.312.